The van der Waals surface area contributed by atoms with E-state index in [9.17, 15) is 0 Å². The zero-order chi connectivity index (χ0) is 33.8. The van der Waals surface area contributed by atoms with Crippen molar-refractivity contribution in [3.63, 3.8) is 0 Å². The molecular weight excluding hydrogens is 600 g/mol. The second kappa shape index (κ2) is 14.1. The molecule has 0 aromatic carbocycles. The molecule has 0 radical (unpaired) electrons. The number of fused-ring (bicyclic) bond motifs is 7. The predicted molar refractivity (Wildman–Crippen MR) is 203 cm³/mol. The summed E-state index contributed by atoms with van der Waals surface area (Å²) in [5.74, 6) is 5.36. The topological polar surface area (TPSA) is 6.25 Å². The summed E-state index contributed by atoms with van der Waals surface area (Å²) in [6, 6.07) is 1.38. The molecule has 0 bridgehead atoms. The van der Waals surface area contributed by atoms with Gasteiger partial charge in [0.05, 0.1) is 5.41 Å². The molecule has 1 spiro atoms. The molecule has 2 nitrogen and oxygen atoms in total. The Bertz CT molecular complexity index is 1390. The largest absolute Gasteiger partial charge is 0.374 e. The third kappa shape index (κ3) is 5.71. The monoisotopic (exact) mass is 670 g/mol. The molecule has 1 saturated heterocycles. The van der Waals surface area contributed by atoms with Gasteiger partial charge in [0, 0.05) is 49.0 Å². The predicted octanol–water partition coefficient (Wildman–Crippen LogP) is 12.1. The minimum absolute atomic E-state index is 0.0889. The van der Waals surface area contributed by atoms with E-state index in [0.717, 1.165) is 65.9 Å². The number of hydrogen-bond donors (Lipinski definition) is 0. The lowest BCUT2D eigenvalue weighted by molar-refractivity contribution is -0.569. The highest BCUT2D eigenvalue weighted by Crippen LogP contribution is 2.61. The van der Waals surface area contributed by atoms with Crippen molar-refractivity contribution in [2.45, 2.75) is 174 Å². The Morgan fingerprint density at radius 2 is 1.45 bits per heavy atom. The van der Waals surface area contributed by atoms with Crippen molar-refractivity contribution in [1.82, 2.24) is 4.90 Å². The molecule has 6 fully saturated rings. The molecule has 8 aliphatic rings. The lowest BCUT2D eigenvalue weighted by Gasteiger charge is -2.48. The number of likely N-dealkylation sites (tertiary alicyclic amines) is 1. The zero-order valence-electron chi connectivity index (χ0n) is 32.0. The van der Waals surface area contributed by atoms with Gasteiger partial charge in [0.2, 0.25) is 0 Å². The van der Waals surface area contributed by atoms with Gasteiger partial charge in [-0.1, -0.05) is 84.6 Å². The molecule has 2 aliphatic heterocycles. The van der Waals surface area contributed by atoms with E-state index in [0.29, 0.717) is 17.5 Å². The van der Waals surface area contributed by atoms with Crippen LogP contribution in [0.25, 0.3) is 0 Å². The van der Waals surface area contributed by atoms with E-state index in [1.54, 1.807) is 5.71 Å². The first-order chi connectivity index (χ1) is 23.9. The lowest BCUT2D eigenvalue weighted by atomic mass is 9.52. The van der Waals surface area contributed by atoms with Crippen LogP contribution in [-0.4, -0.2) is 40.9 Å². The van der Waals surface area contributed by atoms with E-state index >= 15 is 4.39 Å². The fourth-order valence-electron chi connectivity index (χ4n) is 14.5. The highest BCUT2D eigenvalue weighted by molar-refractivity contribution is 5.97. The van der Waals surface area contributed by atoms with Crippen molar-refractivity contribution >= 4 is 5.71 Å². The summed E-state index contributed by atoms with van der Waals surface area (Å²) in [7, 11) is 2.36. The van der Waals surface area contributed by atoms with Gasteiger partial charge in [-0.25, -0.2) is 8.97 Å². The summed E-state index contributed by atoms with van der Waals surface area (Å²) >= 11 is 0. The maximum Gasteiger partial charge on any atom is 0.183 e. The van der Waals surface area contributed by atoms with Crippen LogP contribution in [0.5, 0.6) is 0 Å². The Labute approximate surface area is 299 Å². The average molecular weight is 670 g/mol. The Balaban J connectivity index is 1.11. The van der Waals surface area contributed by atoms with Crippen molar-refractivity contribution in [1.29, 1.82) is 0 Å². The second-order valence-corrected chi connectivity index (χ2v) is 18.7. The number of nitrogens with zero attached hydrogens (tertiary/aromatic N) is 2. The summed E-state index contributed by atoms with van der Waals surface area (Å²) in [5.41, 5.74) is 5.55. The van der Waals surface area contributed by atoms with Crippen molar-refractivity contribution < 1.29 is 8.97 Å². The fraction of sp³-hybridized carbons (Fsp3) is 0.804. The summed E-state index contributed by atoms with van der Waals surface area (Å²) in [6.07, 6.45) is 38.6. The van der Waals surface area contributed by atoms with Gasteiger partial charge < -0.3 is 4.90 Å². The molecule has 8 rings (SSSR count). The Kier molecular flexibility index (Phi) is 9.89. The molecule has 49 heavy (non-hydrogen) atoms. The van der Waals surface area contributed by atoms with Crippen LogP contribution in [-0.2, 0) is 0 Å². The Morgan fingerprint density at radius 1 is 0.755 bits per heavy atom. The Morgan fingerprint density at radius 3 is 2.16 bits per heavy atom. The standard InChI is InChI=1S/C46H70FN2/c1-5-31-49-39-26-22-33-16-9-11-20-37(33)43(39)46(29-12-7-13-30-46)41(49)28-24-35-18-14-17-34(44(35)47)23-27-40-45(3,6-2)42-36-19-10-8-15-32(36)21-25-38(42)48(40)4/h23-24,27-28,32-33,36-39,42-43H,5-22,25-26,29-31H2,1-4H3/q+1. The van der Waals surface area contributed by atoms with Gasteiger partial charge in [0.15, 0.2) is 11.8 Å². The number of allylic oxidation sites excluding steroid dienone is 8. The molecule has 6 aliphatic carbocycles. The van der Waals surface area contributed by atoms with Crippen LogP contribution in [0, 0.1) is 46.3 Å². The quantitative estimate of drug-likeness (QED) is 0.255. The number of halogens is 1. The third-order valence-electron chi connectivity index (χ3n) is 16.7. The van der Waals surface area contributed by atoms with Gasteiger partial charge in [-0.05, 0) is 124 Å². The van der Waals surface area contributed by atoms with Gasteiger partial charge in [0.25, 0.3) is 0 Å². The van der Waals surface area contributed by atoms with E-state index in [1.807, 2.05) is 0 Å². The first kappa shape index (κ1) is 34.4. The van der Waals surface area contributed by atoms with Gasteiger partial charge in [-0.3, -0.25) is 0 Å². The third-order valence-corrected chi connectivity index (χ3v) is 16.7. The minimum atomic E-state index is 0.0889. The van der Waals surface area contributed by atoms with Crippen molar-refractivity contribution in [2.24, 2.45) is 46.3 Å². The molecule has 270 valence electrons. The summed E-state index contributed by atoms with van der Waals surface area (Å²) in [6.45, 7) is 8.52. The van der Waals surface area contributed by atoms with Crippen molar-refractivity contribution in [3.05, 3.63) is 47.0 Å². The molecule has 9 atom stereocenters. The molecular formula is C46H70FN2+. The summed E-state index contributed by atoms with van der Waals surface area (Å²) < 4.78 is 19.5. The minimum Gasteiger partial charge on any atom is -0.374 e. The summed E-state index contributed by atoms with van der Waals surface area (Å²) in [4.78, 5) is 2.65. The molecule has 0 amide bonds. The van der Waals surface area contributed by atoms with Crippen LogP contribution in [0.4, 0.5) is 4.39 Å². The molecule has 5 saturated carbocycles. The molecule has 3 heteroatoms. The Hall–Kier alpha value is -1.64. The van der Waals surface area contributed by atoms with Crippen LogP contribution < -0.4 is 0 Å². The molecule has 0 N–H and O–H groups in total. The average Bonchev–Trinajstić information content (AvgIpc) is 3.51. The van der Waals surface area contributed by atoms with E-state index in [-0.39, 0.29) is 11.2 Å². The maximum absolute atomic E-state index is 16.6. The lowest BCUT2D eigenvalue weighted by Crippen LogP contribution is -2.48. The zero-order valence-corrected chi connectivity index (χ0v) is 32.0. The molecule has 2 heterocycles. The number of hydrogen-bond acceptors (Lipinski definition) is 1. The SMILES string of the molecule is CCC[N+]1=C(/C=C/C2=C(F)C(=C/C=C3/N(C)C4CCC5CCCCC5C4C3(C)CC)/CCC2)C2(CCCCC2)C2C3CCCCC3CCC21. The van der Waals surface area contributed by atoms with E-state index in [2.05, 4.69) is 61.6 Å². The normalized spacial score (nSPS) is 42.3. The molecule has 9 unspecified atom stereocenters. The summed E-state index contributed by atoms with van der Waals surface area (Å²) in [5, 5.41) is 0. The molecule has 0 aromatic heterocycles. The van der Waals surface area contributed by atoms with Gasteiger partial charge in [-0.2, -0.15) is 0 Å². The van der Waals surface area contributed by atoms with Crippen LogP contribution in [0.3, 0.4) is 0 Å². The number of rotatable bonds is 6. The fourth-order valence-corrected chi connectivity index (χ4v) is 14.5. The van der Waals surface area contributed by atoms with Gasteiger partial charge >= 0.3 is 0 Å². The second-order valence-electron chi connectivity index (χ2n) is 18.7. The van der Waals surface area contributed by atoms with Crippen LogP contribution >= 0.6 is 0 Å². The van der Waals surface area contributed by atoms with Gasteiger partial charge in [-0.15, -0.1) is 0 Å². The maximum atomic E-state index is 16.6. The first-order valence-electron chi connectivity index (χ1n) is 21.8. The van der Waals surface area contributed by atoms with Crippen molar-refractivity contribution in [3.8, 4) is 0 Å². The van der Waals surface area contributed by atoms with Crippen LogP contribution in [0.2, 0.25) is 0 Å². The van der Waals surface area contributed by atoms with E-state index < -0.39 is 0 Å². The van der Waals surface area contributed by atoms with Crippen molar-refractivity contribution in [2.75, 3.05) is 13.6 Å². The molecule has 0 aromatic rings. The highest BCUT2D eigenvalue weighted by Gasteiger charge is 2.63. The van der Waals surface area contributed by atoms with Crippen LogP contribution in [0.1, 0.15) is 162 Å². The smallest absolute Gasteiger partial charge is 0.183 e. The van der Waals surface area contributed by atoms with Gasteiger partial charge in [0.1, 0.15) is 12.4 Å². The van der Waals surface area contributed by atoms with E-state index in [4.69, 9.17) is 0 Å². The van der Waals surface area contributed by atoms with Crippen LogP contribution in [0.15, 0.2) is 47.0 Å². The first-order valence-corrected chi connectivity index (χ1v) is 21.8. The highest BCUT2D eigenvalue weighted by atomic mass is 19.1. The van der Waals surface area contributed by atoms with E-state index in [1.165, 1.54) is 134 Å².